The van der Waals surface area contributed by atoms with Gasteiger partial charge in [-0.15, -0.1) is 0 Å². The molecular formula is C31H34N2O4. The van der Waals surface area contributed by atoms with E-state index >= 15 is 0 Å². The predicted molar refractivity (Wildman–Crippen MR) is 147 cm³/mol. The molecular weight excluding hydrogens is 464 g/mol. The summed E-state index contributed by atoms with van der Waals surface area (Å²) in [4.78, 5) is 13.9. The third kappa shape index (κ3) is 4.64. The van der Waals surface area contributed by atoms with Crippen molar-refractivity contribution in [3.05, 3.63) is 88.6 Å². The van der Waals surface area contributed by atoms with E-state index < -0.39 is 6.04 Å². The van der Waals surface area contributed by atoms with E-state index in [0.29, 0.717) is 23.5 Å². The van der Waals surface area contributed by atoms with Crippen molar-refractivity contribution in [3.63, 3.8) is 0 Å². The third-order valence-electron chi connectivity index (χ3n) is 7.39. The number of aromatic hydroxyl groups is 1. The normalized spacial score (nSPS) is 19.2. The van der Waals surface area contributed by atoms with E-state index in [1.165, 1.54) is 25.3 Å². The minimum Gasteiger partial charge on any atom is -0.502 e. The number of para-hydroxylation sites is 2. The van der Waals surface area contributed by atoms with E-state index in [9.17, 15) is 9.90 Å². The summed E-state index contributed by atoms with van der Waals surface area (Å²) < 4.78 is 10.8. The van der Waals surface area contributed by atoms with E-state index in [1.54, 1.807) is 12.1 Å². The van der Waals surface area contributed by atoms with E-state index in [-0.39, 0.29) is 22.9 Å². The summed E-state index contributed by atoms with van der Waals surface area (Å²) in [6, 6.07) is 19.7. The molecule has 1 aliphatic carbocycles. The highest BCUT2D eigenvalue weighted by atomic mass is 16.5. The third-order valence-corrected chi connectivity index (χ3v) is 7.39. The lowest BCUT2D eigenvalue weighted by molar-refractivity contribution is -0.116. The van der Waals surface area contributed by atoms with Crippen molar-refractivity contribution >= 4 is 17.2 Å². The SMILES string of the molecule is COc1cc(C2Nc3ccccc3NC3=C2C(=O)CC(c2ccc(C(C)(C)C)cc2)C3)cc(OC)c1O. The van der Waals surface area contributed by atoms with Crippen LogP contribution in [0.5, 0.6) is 17.2 Å². The number of ether oxygens (including phenoxy) is 2. The largest absolute Gasteiger partial charge is 0.502 e. The molecule has 3 aromatic carbocycles. The Balaban J connectivity index is 1.59. The first-order valence-electron chi connectivity index (χ1n) is 12.6. The summed E-state index contributed by atoms with van der Waals surface area (Å²) in [5.74, 6) is 0.703. The number of hydrogen-bond acceptors (Lipinski definition) is 6. The van der Waals surface area contributed by atoms with Gasteiger partial charge in [0.1, 0.15) is 0 Å². The lowest BCUT2D eigenvalue weighted by atomic mass is 9.77. The van der Waals surface area contributed by atoms with Gasteiger partial charge >= 0.3 is 0 Å². The predicted octanol–water partition coefficient (Wildman–Crippen LogP) is 6.69. The van der Waals surface area contributed by atoms with E-state index in [1.807, 2.05) is 24.3 Å². The number of carbonyl (C=O) groups excluding carboxylic acids is 1. The molecule has 6 nitrogen and oxygen atoms in total. The Hall–Kier alpha value is -3.93. The van der Waals surface area contributed by atoms with Crippen LogP contribution in [0.2, 0.25) is 0 Å². The van der Waals surface area contributed by atoms with Crippen molar-refractivity contribution < 1.29 is 19.4 Å². The van der Waals surface area contributed by atoms with E-state index in [4.69, 9.17) is 9.47 Å². The Bertz CT molecular complexity index is 1340. The fourth-order valence-electron chi connectivity index (χ4n) is 5.31. The second-order valence-electron chi connectivity index (χ2n) is 10.8. The number of phenols is 1. The molecule has 3 N–H and O–H groups in total. The molecule has 0 amide bonds. The molecule has 0 saturated heterocycles. The smallest absolute Gasteiger partial charge is 0.200 e. The molecule has 0 radical (unpaired) electrons. The summed E-state index contributed by atoms with van der Waals surface area (Å²) in [6.07, 6.45) is 1.14. The molecule has 0 bridgehead atoms. The lowest BCUT2D eigenvalue weighted by Gasteiger charge is -2.30. The zero-order chi connectivity index (χ0) is 26.3. The molecule has 192 valence electrons. The number of Topliss-reactive ketones (excluding diaryl/α,β-unsaturated/α-hetero) is 1. The molecule has 37 heavy (non-hydrogen) atoms. The van der Waals surface area contributed by atoms with Crippen molar-refractivity contribution in [2.45, 2.75) is 51.0 Å². The fourth-order valence-corrected chi connectivity index (χ4v) is 5.31. The number of methoxy groups -OCH3 is 2. The number of rotatable bonds is 4. The highest BCUT2D eigenvalue weighted by Crippen LogP contribution is 2.47. The minimum absolute atomic E-state index is 0.0659. The van der Waals surface area contributed by atoms with Gasteiger partial charge in [0.05, 0.1) is 31.6 Å². The van der Waals surface area contributed by atoms with Gasteiger partial charge in [0, 0.05) is 17.7 Å². The van der Waals surface area contributed by atoms with Gasteiger partial charge in [0.15, 0.2) is 17.3 Å². The van der Waals surface area contributed by atoms with Crippen LogP contribution in [0.3, 0.4) is 0 Å². The highest BCUT2D eigenvalue weighted by Gasteiger charge is 2.36. The van der Waals surface area contributed by atoms with Crippen LogP contribution in [0.15, 0.2) is 71.9 Å². The molecule has 5 rings (SSSR count). The molecule has 0 fully saturated rings. The Kier molecular flexibility index (Phi) is 6.36. The van der Waals surface area contributed by atoms with Gasteiger partial charge in [-0.2, -0.15) is 0 Å². The fraction of sp³-hybridized carbons (Fsp3) is 0.323. The van der Waals surface area contributed by atoms with Gasteiger partial charge in [-0.25, -0.2) is 0 Å². The Morgan fingerprint density at radius 2 is 1.49 bits per heavy atom. The number of anilines is 2. The topological polar surface area (TPSA) is 79.8 Å². The molecule has 1 aliphatic heterocycles. The molecule has 2 aliphatic rings. The number of carbonyl (C=O) groups is 1. The maximum absolute atomic E-state index is 13.9. The maximum atomic E-state index is 13.9. The number of phenolic OH excluding ortho intramolecular Hbond substituents is 1. The molecule has 2 atom stereocenters. The summed E-state index contributed by atoms with van der Waals surface area (Å²) >= 11 is 0. The maximum Gasteiger partial charge on any atom is 0.200 e. The van der Waals surface area contributed by atoms with Gasteiger partial charge in [-0.3, -0.25) is 4.79 Å². The van der Waals surface area contributed by atoms with Crippen molar-refractivity contribution in [1.29, 1.82) is 0 Å². The van der Waals surface area contributed by atoms with Gasteiger partial charge in [0.2, 0.25) is 5.75 Å². The second-order valence-corrected chi connectivity index (χ2v) is 10.8. The van der Waals surface area contributed by atoms with Crippen molar-refractivity contribution in [2.24, 2.45) is 0 Å². The average Bonchev–Trinajstić information content (AvgIpc) is 3.05. The molecule has 2 unspecified atom stereocenters. The van der Waals surface area contributed by atoms with Crippen molar-refractivity contribution in [3.8, 4) is 17.2 Å². The minimum atomic E-state index is -0.439. The second kappa shape index (κ2) is 9.51. The quantitative estimate of drug-likeness (QED) is 0.372. The first kappa shape index (κ1) is 24.8. The van der Waals surface area contributed by atoms with E-state index in [2.05, 4.69) is 55.7 Å². The van der Waals surface area contributed by atoms with Crippen LogP contribution in [0.25, 0.3) is 0 Å². The van der Waals surface area contributed by atoms with Crippen LogP contribution in [0.4, 0.5) is 11.4 Å². The number of hydrogen-bond donors (Lipinski definition) is 3. The number of ketones is 1. The molecule has 0 saturated carbocycles. The number of benzene rings is 3. The summed E-state index contributed by atoms with van der Waals surface area (Å²) in [7, 11) is 3.00. The van der Waals surface area contributed by atoms with Crippen LogP contribution >= 0.6 is 0 Å². The number of fused-ring (bicyclic) bond motifs is 1. The number of nitrogens with one attached hydrogen (secondary N) is 2. The van der Waals surface area contributed by atoms with Crippen molar-refractivity contribution in [1.82, 2.24) is 0 Å². The zero-order valence-electron chi connectivity index (χ0n) is 22.0. The molecule has 3 aromatic rings. The summed E-state index contributed by atoms with van der Waals surface area (Å²) in [5, 5.41) is 17.6. The summed E-state index contributed by atoms with van der Waals surface area (Å²) in [5.41, 5.74) is 6.73. The summed E-state index contributed by atoms with van der Waals surface area (Å²) in [6.45, 7) is 6.61. The first-order chi connectivity index (χ1) is 17.7. The van der Waals surface area contributed by atoms with Crippen molar-refractivity contribution in [2.75, 3.05) is 24.9 Å². The van der Waals surface area contributed by atoms with Crippen LogP contribution in [-0.2, 0) is 10.2 Å². The Morgan fingerprint density at radius 3 is 2.08 bits per heavy atom. The molecule has 6 heteroatoms. The van der Waals surface area contributed by atoms with Gasteiger partial charge in [-0.05, 0) is 58.7 Å². The van der Waals surface area contributed by atoms with Crippen LogP contribution in [0.1, 0.15) is 62.3 Å². The van der Waals surface area contributed by atoms with Gasteiger partial charge in [0.25, 0.3) is 0 Å². The standard InChI is InChI=1S/C31H34N2O4/c1-31(2,3)21-12-10-18(11-13-21)19-14-24-28(25(34)15-19)29(33-23-9-7-6-8-22(23)32-24)20-16-26(36-4)30(35)27(17-20)37-5/h6-13,16-17,19,29,32-33,35H,14-15H2,1-5H3. The Morgan fingerprint density at radius 1 is 0.865 bits per heavy atom. The number of allylic oxidation sites excluding steroid dienone is 1. The molecule has 0 spiro atoms. The molecule has 1 heterocycles. The first-order valence-corrected chi connectivity index (χ1v) is 12.6. The van der Waals surface area contributed by atoms with Crippen LogP contribution in [-0.4, -0.2) is 25.1 Å². The Labute approximate surface area is 218 Å². The van der Waals surface area contributed by atoms with E-state index in [0.717, 1.165) is 29.1 Å². The van der Waals surface area contributed by atoms with Crippen LogP contribution < -0.4 is 20.1 Å². The lowest BCUT2D eigenvalue weighted by Crippen LogP contribution is -2.27. The highest BCUT2D eigenvalue weighted by molar-refractivity contribution is 6.01. The van der Waals surface area contributed by atoms with Gasteiger partial charge < -0.3 is 25.2 Å². The van der Waals surface area contributed by atoms with Gasteiger partial charge in [-0.1, -0.05) is 57.2 Å². The monoisotopic (exact) mass is 498 g/mol. The zero-order valence-corrected chi connectivity index (χ0v) is 22.0. The average molecular weight is 499 g/mol. The molecule has 0 aromatic heterocycles. The van der Waals surface area contributed by atoms with Crippen LogP contribution in [0, 0.1) is 0 Å².